The summed E-state index contributed by atoms with van der Waals surface area (Å²) >= 11 is 0. The number of amides is 1. The second kappa shape index (κ2) is 5.31. The van der Waals surface area contributed by atoms with Crippen molar-refractivity contribution in [3.05, 3.63) is 59.9 Å². The van der Waals surface area contributed by atoms with Crippen molar-refractivity contribution in [2.75, 3.05) is 12.8 Å². The fraction of sp³-hybridized carbons (Fsp3) is 0.143. The average molecular weight is 241 g/mol. The van der Waals surface area contributed by atoms with E-state index >= 15 is 0 Å². The van der Waals surface area contributed by atoms with Gasteiger partial charge in [0, 0.05) is 37.2 Å². The predicted octanol–water partition coefficient (Wildman–Crippen LogP) is 1.94. The minimum Gasteiger partial charge on any atom is -0.399 e. The molecular formula is C14H15N3O. The Bertz CT molecular complexity index is 540. The van der Waals surface area contributed by atoms with Gasteiger partial charge in [0.1, 0.15) is 0 Å². The number of carbonyl (C=O) groups excluding carboxylic acids is 1. The Kier molecular flexibility index (Phi) is 3.57. The van der Waals surface area contributed by atoms with Crippen molar-refractivity contribution in [1.82, 2.24) is 9.88 Å². The summed E-state index contributed by atoms with van der Waals surface area (Å²) in [5, 5.41) is 0. The summed E-state index contributed by atoms with van der Waals surface area (Å²) in [5.74, 6) is -0.0499. The molecule has 1 aromatic heterocycles. The van der Waals surface area contributed by atoms with Crippen LogP contribution in [0.1, 0.15) is 15.9 Å². The summed E-state index contributed by atoms with van der Waals surface area (Å²) in [4.78, 5) is 17.8. The van der Waals surface area contributed by atoms with Gasteiger partial charge in [-0.15, -0.1) is 0 Å². The van der Waals surface area contributed by atoms with Crippen molar-refractivity contribution < 1.29 is 4.79 Å². The van der Waals surface area contributed by atoms with E-state index in [1.165, 1.54) is 0 Å². The summed E-state index contributed by atoms with van der Waals surface area (Å²) in [5.41, 5.74) is 7.86. The lowest BCUT2D eigenvalue weighted by atomic mass is 10.1. The second-order valence-corrected chi connectivity index (χ2v) is 4.15. The smallest absolute Gasteiger partial charge is 0.253 e. The van der Waals surface area contributed by atoms with E-state index in [-0.39, 0.29) is 5.91 Å². The zero-order valence-corrected chi connectivity index (χ0v) is 10.2. The number of rotatable bonds is 3. The van der Waals surface area contributed by atoms with Gasteiger partial charge in [0.05, 0.1) is 0 Å². The first-order chi connectivity index (χ1) is 8.66. The zero-order chi connectivity index (χ0) is 13.0. The SMILES string of the molecule is CN(Cc1cccnc1)C(=O)c1cccc(N)c1. The Morgan fingerprint density at radius 2 is 2.17 bits per heavy atom. The summed E-state index contributed by atoms with van der Waals surface area (Å²) in [6.45, 7) is 0.529. The van der Waals surface area contributed by atoms with Crippen LogP contribution in [-0.4, -0.2) is 22.8 Å². The summed E-state index contributed by atoms with van der Waals surface area (Å²) in [7, 11) is 1.76. The lowest BCUT2D eigenvalue weighted by molar-refractivity contribution is 0.0785. The van der Waals surface area contributed by atoms with Crippen molar-refractivity contribution in [3.8, 4) is 0 Å². The molecule has 92 valence electrons. The Balaban J connectivity index is 2.10. The predicted molar refractivity (Wildman–Crippen MR) is 70.9 cm³/mol. The van der Waals surface area contributed by atoms with Crippen LogP contribution in [0.4, 0.5) is 5.69 Å². The van der Waals surface area contributed by atoms with Crippen LogP contribution in [0.2, 0.25) is 0 Å². The maximum absolute atomic E-state index is 12.2. The molecule has 1 amide bonds. The third-order valence-electron chi connectivity index (χ3n) is 2.62. The molecule has 0 aliphatic rings. The maximum atomic E-state index is 12.2. The topological polar surface area (TPSA) is 59.2 Å². The molecule has 18 heavy (non-hydrogen) atoms. The largest absolute Gasteiger partial charge is 0.399 e. The van der Waals surface area contributed by atoms with E-state index in [2.05, 4.69) is 4.98 Å². The van der Waals surface area contributed by atoms with E-state index in [9.17, 15) is 4.79 Å². The molecule has 4 nitrogen and oxygen atoms in total. The minimum atomic E-state index is -0.0499. The van der Waals surface area contributed by atoms with Gasteiger partial charge in [-0.3, -0.25) is 9.78 Å². The van der Waals surface area contributed by atoms with E-state index in [0.29, 0.717) is 17.8 Å². The molecule has 2 rings (SSSR count). The second-order valence-electron chi connectivity index (χ2n) is 4.15. The third kappa shape index (κ3) is 2.85. The summed E-state index contributed by atoms with van der Waals surface area (Å²) in [6, 6.07) is 10.8. The van der Waals surface area contributed by atoms with Crippen molar-refractivity contribution in [2.45, 2.75) is 6.54 Å². The molecule has 1 aromatic carbocycles. The van der Waals surface area contributed by atoms with E-state index < -0.39 is 0 Å². The van der Waals surface area contributed by atoms with Crippen molar-refractivity contribution in [2.24, 2.45) is 0 Å². The molecule has 0 aliphatic carbocycles. The number of hydrogen-bond donors (Lipinski definition) is 1. The Morgan fingerprint density at radius 3 is 2.83 bits per heavy atom. The van der Waals surface area contributed by atoms with Crippen LogP contribution in [0.3, 0.4) is 0 Å². The summed E-state index contributed by atoms with van der Waals surface area (Å²) in [6.07, 6.45) is 3.46. The third-order valence-corrected chi connectivity index (χ3v) is 2.62. The zero-order valence-electron chi connectivity index (χ0n) is 10.2. The molecule has 0 fully saturated rings. The van der Waals surface area contributed by atoms with E-state index in [1.54, 1.807) is 48.6 Å². The molecular weight excluding hydrogens is 226 g/mol. The number of carbonyl (C=O) groups is 1. The number of hydrogen-bond acceptors (Lipinski definition) is 3. The van der Waals surface area contributed by atoms with Gasteiger partial charge >= 0.3 is 0 Å². The Morgan fingerprint density at radius 1 is 1.33 bits per heavy atom. The molecule has 1 heterocycles. The molecule has 0 spiro atoms. The van der Waals surface area contributed by atoms with Crippen LogP contribution in [0.25, 0.3) is 0 Å². The number of aromatic nitrogens is 1. The standard InChI is InChI=1S/C14H15N3O/c1-17(10-11-4-3-7-16-9-11)14(18)12-5-2-6-13(15)8-12/h2-9H,10,15H2,1H3. The first-order valence-corrected chi connectivity index (χ1v) is 5.67. The maximum Gasteiger partial charge on any atom is 0.253 e. The first-order valence-electron chi connectivity index (χ1n) is 5.67. The quantitative estimate of drug-likeness (QED) is 0.835. The number of nitrogen functional groups attached to an aromatic ring is 1. The highest BCUT2D eigenvalue weighted by atomic mass is 16.2. The minimum absolute atomic E-state index is 0.0499. The first kappa shape index (κ1) is 12.1. The summed E-state index contributed by atoms with van der Waals surface area (Å²) < 4.78 is 0. The van der Waals surface area contributed by atoms with Crippen LogP contribution in [0, 0.1) is 0 Å². The van der Waals surface area contributed by atoms with Crippen LogP contribution >= 0.6 is 0 Å². The van der Waals surface area contributed by atoms with Crippen molar-refractivity contribution >= 4 is 11.6 Å². The lowest BCUT2D eigenvalue weighted by Gasteiger charge is -2.17. The molecule has 2 aromatic rings. The van der Waals surface area contributed by atoms with Gasteiger partial charge in [0.25, 0.3) is 5.91 Å². The molecule has 4 heteroatoms. The van der Waals surface area contributed by atoms with Gasteiger partial charge in [-0.1, -0.05) is 12.1 Å². The molecule has 0 atom stereocenters. The van der Waals surface area contributed by atoms with Gasteiger partial charge in [0.15, 0.2) is 0 Å². The highest BCUT2D eigenvalue weighted by molar-refractivity contribution is 5.94. The van der Waals surface area contributed by atoms with Crippen LogP contribution < -0.4 is 5.73 Å². The van der Waals surface area contributed by atoms with E-state index in [0.717, 1.165) is 5.56 Å². The monoisotopic (exact) mass is 241 g/mol. The van der Waals surface area contributed by atoms with Crippen LogP contribution in [0.15, 0.2) is 48.8 Å². The Hall–Kier alpha value is -2.36. The van der Waals surface area contributed by atoms with E-state index in [4.69, 9.17) is 5.73 Å². The van der Waals surface area contributed by atoms with Crippen molar-refractivity contribution in [3.63, 3.8) is 0 Å². The number of nitrogens with zero attached hydrogens (tertiary/aromatic N) is 2. The highest BCUT2D eigenvalue weighted by Gasteiger charge is 2.11. The van der Waals surface area contributed by atoms with Crippen LogP contribution in [-0.2, 0) is 6.54 Å². The number of anilines is 1. The lowest BCUT2D eigenvalue weighted by Crippen LogP contribution is -2.26. The molecule has 0 radical (unpaired) electrons. The number of nitrogens with two attached hydrogens (primary N) is 1. The van der Waals surface area contributed by atoms with Gasteiger partial charge in [-0.05, 0) is 29.8 Å². The molecule has 2 N–H and O–H groups in total. The molecule has 0 saturated carbocycles. The van der Waals surface area contributed by atoms with E-state index in [1.807, 2.05) is 12.1 Å². The van der Waals surface area contributed by atoms with Crippen LogP contribution in [0.5, 0.6) is 0 Å². The molecule has 0 aliphatic heterocycles. The highest BCUT2D eigenvalue weighted by Crippen LogP contribution is 2.10. The van der Waals surface area contributed by atoms with Gasteiger partial charge in [-0.2, -0.15) is 0 Å². The fourth-order valence-corrected chi connectivity index (χ4v) is 1.73. The van der Waals surface area contributed by atoms with Gasteiger partial charge in [-0.25, -0.2) is 0 Å². The number of benzene rings is 1. The molecule has 0 bridgehead atoms. The normalized spacial score (nSPS) is 10.1. The average Bonchev–Trinajstić information content (AvgIpc) is 2.39. The molecule has 0 saturated heterocycles. The fourth-order valence-electron chi connectivity index (χ4n) is 1.73. The van der Waals surface area contributed by atoms with Gasteiger partial charge in [0.2, 0.25) is 0 Å². The molecule has 0 unspecified atom stereocenters. The Labute approximate surface area is 106 Å². The van der Waals surface area contributed by atoms with Crippen molar-refractivity contribution in [1.29, 1.82) is 0 Å². The number of pyridine rings is 1. The van der Waals surface area contributed by atoms with Gasteiger partial charge < -0.3 is 10.6 Å².